The molecule has 0 saturated carbocycles. The summed E-state index contributed by atoms with van der Waals surface area (Å²) in [5.41, 5.74) is -0.0555. The van der Waals surface area contributed by atoms with Crippen LogP contribution < -0.4 is 5.56 Å². The Morgan fingerprint density at radius 2 is 2.11 bits per heavy atom. The lowest BCUT2D eigenvalue weighted by atomic mass is 10.2. The molecule has 0 spiro atoms. The van der Waals surface area contributed by atoms with Crippen molar-refractivity contribution in [1.82, 2.24) is 9.97 Å². The first-order valence-corrected chi connectivity index (χ1v) is 5.96. The number of aromatic amines is 1. The van der Waals surface area contributed by atoms with Crippen LogP contribution in [0.4, 0.5) is 0 Å². The second-order valence-corrected chi connectivity index (χ2v) is 4.63. The Morgan fingerprint density at radius 3 is 2.78 bits per heavy atom. The van der Waals surface area contributed by atoms with Gasteiger partial charge in [-0.25, -0.2) is 9.78 Å². The topological polar surface area (TPSA) is 83.0 Å². The average molecular weight is 262 g/mol. The van der Waals surface area contributed by atoms with E-state index >= 15 is 0 Å². The van der Waals surface area contributed by atoms with Crippen molar-refractivity contribution in [3.8, 4) is 0 Å². The van der Waals surface area contributed by atoms with Gasteiger partial charge in [0.1, 0.15) is 10.9 Å². The summed E-state index contributed by atoms with van der Waals surface area (Å²) in [4.78, 5) is 29.6. The van der Waals surface area contributed by atoms with E-state index in [1.165, 1.54) is 12.1 Å². The quantitative estimate of drug-likeness (QED) is 0.826. The number of H-pyrrole nitrogens is 1. The number of hydrogen-bond acceptors (Lipinski definition) is 4. The molecular formula is C12H10N2O3S. The van der Waals surface area contributed by atoms with Crippen LogP contribution in [-0.2, 0) is 0 Å². The number of nitrogens with zero attached hydrogens (tertiary/aromatic N) is 1. The molecule has 2 N–H and O–H groups in total. The molecule has 1 aromatic carbocycles. The lowest BCUT2D eigenvalue weighted by Crippen LogP contribution is -2.08. The van der Waals surface area contributed by atoms with E-state index in [0.29, 0.717) is 15.7 Å². The molecule has 0 bridgehead atoms. The molecule has 1 aromatic heterocycles. The first kappa shape index (κ1) is 12.4. The van der Waals surface area contributed by atoms with Gasteiger partial charge in [-0.2, -0.15) is 0 Å². The van der Waals surface area contributed by atoms with E-state index in [1.807, 2.05) is 0 Å². The summed E-state index contributed by atoms with van der Waals surface area (Å²) in [6.45, 7) is 1.68. The number of aromatic carboxylic acids is 1. The molecule has 18 heavy (non-hydrogen) atoms. The van der Waals surface area contributed by atoms with Crippen LogP contribution in [0.15, 0.2) is 45.0 Å². The number of aromatic nitrogens is 2. The van der Waals surface area contributed by atoms with E-state index in [0.717, 1.165) is 11.8 Å². The van der Waals surface area contributed by atoms with Gasteiger partial charge in [-0.05, 0) is 19.1 Å². The lowest BCUT2D eigenvalue weighted by Gasteiger charge is -2.04. The maximum atomic E-state index is 11.3. The minimum atomic E-state index is -1.00. The number of carbonyl (C=O) groups is 1. The van der Waals surface area contributed by atoms with Crippen LogP contribution in [0.5, 0.6) is 0 Å². The molecule has 0 unspecified atom stereocenters. The van der Waals surface area contributed by atoms with E-state index in [2.05, 4.69) is 9.97 Å². The fourth-order valence-electron chi connectivity index (χ4n) is 1.45. The van der Waals surface area contributed by atoms with Crippen molar-refractivity contribution in [2.75, 3.05) is 0 Å². The van der Waals surface area contributed by atoms with Gasteiger partial charge < -0.3 is 10.1 Å². The van der Waals surface area contributed by atoms with E-state index < -0.39 is 5.97 Å². The third kappa shape index (κ3) is 2.78. The van der Waals surface area contributed by atoms with Gasteiger partial charge in [-0.1, -0.05) is 23.9 Å². The van der Waals surface area contributed by atoms with Gasteiger partial charge in [-0.3, -0.25) is 4.79 Å². The maximum absolute atomic E-state index is 11.3. The van der Waals surface area contributed by atoms with Gasteiger partial charge in [0.2, 0.25) is 0 Å². The van der Waals surface area contributed by atoms with Crippen LogP contribution in [0, 0.1) is 6.92 Å². The van der Waals surface area contributed by atoms with E-state index in [4.69, 9.17) is 5.11 Å². The summed E-state index contributed by atoms with van der Waals surface area (Å²) in [6, 6.07) is 7.95. The van der Waals surface area contributed by atoms with Gasteiger partial charge >= 0.3 is 5.97 Å². The van der Waals surface area contributed by atoms with Crippen molar-refractivity contribution in [1.29, 1.82) is 0 Å². The summed E-state index contributed by atoms with van der Waals surface area (Å²) in [7, 11) is 0. The number of nitrogens with one attached hydrogen (secondary N) is 1. The Bertz CT molecular complexity index is 652. The van der Waals surface area contributed by atoms with E-state index in [9.17, 15) is 9.59 Å². The van der Waals surface area contributed by atoms with Gasteiger partial charge in [0.05, 0.1) is 5.56 Å². The molecule has 92 valence electrons. The predicted molar refractivity (Wildman–Crippen MR) is 67.1 cm³/mol. The minimum absolute atomic E-state index is 0.197. The molecule has 0 radical (unpaired) electrons. The van der Waals surface area contributed by atoms with E-state index in [-0.39, 0.29) is 11.1 Å². The Hall–Kier alpha value is -2.08. The summed E-state index contributed by atoms with van der Waals surface area (Å²) in [5.74, 6) is -0.502. The van der Waals surface area contributed by atoms with Crippen LogP contribution >= 0.6 is 11.8 Å². The van der Waals surface area contributed by atoms with Crippen molar-refractivity contribution < 1.29 is 9.90 Å². The lowest BCUT2D eigenvalue weighted by molar-refractivity contribution is 0.0693. The number of carboxylic acid groups (broad SMARTS) is 1. The summed E-state index contributed by atoms with van der Waals surface area (Å²) in [6.07, 6.45) is 0. The molecule has 0 fully saturated rings. The minimum Gasteiger partial charge on any atom is -0.478 e. The molecule has 0 atom stereocenters. The maximum Gasteiger partial charge on any atom is 0.336 e. The molecule has 0 aliphatic rings. The highest BCUT2D eigenvalue weighted by Gasteiger charge is 2.11. The van der Waals surface area contributed by atoms with Gasteiger partial charge in [0, 0.05) is 11.0 Å². The Kier molecular flexibility index (Phi) is 3.47. The van der Waals surface area contributed by atoms with Crippen molar-refractivity contribution in [3.63, 3.8) is 0 Å². The highest BCUT2D eigenvalue weighted by molar-refractivity contribution is 7.99. The molecular weight excluding hydrogens is 252 g/mol. The number of rotatable bonds is 3. The average Bonchev–Trinajstić information content (AvgIpc) is 2.27. The van der Waals surface area contributed by atoms with Crippen LogP contribution in [0.25, 0.3) is 0 Å². The van der Waals surface area contributed by atoms with Crippen LogP contribution in [0.1, 0.15) is 16.2 Å². The standard InChI is InChI=1S/C12H10N2O3S/c1-7-13-10(15)6-11(14-7)18-9-5-3-2-4-8(9)12(16)17/h2-6H,1H3,(H,16,17)(H,13,14,15). The van der Waals surface area contributed by atoms with Crippen LogP contribution in [-0.4, -0.2) is 21.0 Å². The first-order valence-electron chi connectivity index (χ1n) is 5.14. The largest absolute Gasteiger partial charge is 0.478 e. The third-order valence-electron chi connectivity index (χ3n) is 2.17. The number of hydrogen-bond donors (Lipinski definition) is 2. The molecule has 2 rings (SSSR count). The highest BCUT2D eigenvalue weighted by atomic mass is 32.2. The SMILES string of the molecule is Cc1nc(Sc2ccccc2C(=O)O)cc(=O)[nH]1. The van der Waals surface area contributed by atoms with Gasteiger partial charge in [0.15, 0.2) is 0 Å². The zero-order valence-corrected chi connectivity index (χ0v) is 10.3. The number of benzene rings is 1. The fraction of sp³-hybridized carbons (Fsp3) is 0.0833. The predicted octanol–water partition coefficient (Wildman–Crippen LogP) is 1.93. The fourth-order valence-corrected chi connectivity index (χ4v) is 2.44. The zero-order valence-electron chi connectivity index (χ0n) is 9.51. The molecule has 0 amide bonds. The van der Waals surface area contributed by atoms with Gasteiger partial charge in [-0.15, -0.1) is 0 Å². The Morgan fingerprint density at radius 1 is 1.39 bits per heavy atom. The van der Waals surface area contributed by atoms with Crippen LogP contribution in [0.3, 0.4) is 0 Å². The molecule has 0 aliphatic heterocycles. The highest BCUT2D eigenvalue weighted by Crippen LogP contribution is 2.28. The summed E-state index contributed by atoms with van der Waals surface area (Å²) in [5, 5.41) is 9.53. The molecule has 5 nitrogen and oxygen atoms in total. The summed E-state index contributed by atoms with van der Waals surface area (Å²) < 4.78 is 0. The number of aryl methyl sites for hydroxylation is 1. The number of carboxylic acids is 1. The Balaban J connectivity index is 2.40. The third-order valence-corrected chi connectivity index (χ3v) is 3.16. The van der Waals surface area contributed by atoms with Crippen molar-refractivity contribution in [2.45, 2.75) is 16.8 Å². The second kappa shape index (κ2) is 5.05. The molecule has 6 heteroatoms. The summed E-state index contributed by atoms with van der Waals surface area (Å²) >= 11 is 1.16. The molecule has 1 heterocycles. The molecule has 2 aromatic rings. The van der Waals surface area contributed by atoms with Crippen molar-refractivity contribution in [3.05, 3.63) is 52.1 Å². The van der Waals surface area contributed by atoms with E-state index in [1.54, 1.807) is 25.1 Å². The van der Waals surface area contributed by atoms with Crippen LogP contribution in [0.2, 0.25) is 0 Å². The first-order chi connectivity index (χ1) is 8.56. The monoisotopic (exact) mass is 262 g/mol. The van der Waals surface area contributed by atoms with Crippen molar-refractivity contribution in [2.24, 2.45) is 0 Å². The van der Waals surface area contributed by atoms with Crippen molar-refractivity contribution >= 4 is 17.7 Å². The van der Waals surface area contributed by atoms with Gasteiger partial charge in [0.25, 0.3) is 5.56 Å². The zero-order chi connectivity index (χ0) is 13.1. The smallest absolute Gasteiger partial charge is 0.336 e. The Labute approximate surface area is 107 Å². The molecule has 0 saturated heterocycles. The normalized spacial score (nSPS) is 10.3. The second-order valence-electron chi connectivity index (χ2n) is 3.57. The molecule has 0 aliphatic carbocycles.